The first-order valence-electron chi connectivity index (χ1n) is 6.50. The molecule has 2 heterocycles. The molecule has 1 N–H and O–H groups in total. The van der Waals surface area contributed by atoms with Gasteiger partial charge in [0.25, 0.3) is 0 Å². The van der Waals surface area contributed by atoms with E-state index in [9.17, 15) is 8.42 Å². The molecule has 0 amide bonds. The van der Waals surface area contributed by atoms with Gasteiger partial charge in [0, 0.05) is 18.2 Å². The van der Waals surface area contributed by atoms with Crippen LogP contribution in [0.4, 0.5) is 0 Å². The van der Waals surface area contributed by atoms with Crippen molar-refractivity contribution in [2.45, 2.75) is 44.7 Å². The van der Waals surface area contributed by atoms with Crippen LogP contribution in [0.1, 0.15) is 33.1 Å². The van der Waals surface area contributed by atoms with Gasteiger partial charge in [0.15, 0.2) is 9.84 Å². The van der Waals surface area contributed by atoms with Gasteiger partial charge in [-0.3, -0.25) is 0 Å². The highest BCUT2D eigenvalue weighted by atomic mass is 32.2. The zero-order chi connectivity index (χ0) is 12.5. The second-order valence-corrected chi connectivity index (χ2v) is 7.87. The Morgan fingerprint density at radius 3 is 2.76 bits per heavy atom. The maximum atomic E-state index is 11.6. The van der Waals surface area contributed by atoms with Crippen molar-refractivity contribution in [2.75, 3.05) is 24.7 Å². The largest absolute Gasteiger partial charge is 0.381 e. The van der Waals surface area contributed by atoms with Crippen molar-refractivity contribution in [1.82, 2.24) is 5.32 Å². The second-order valence-electron chi connectivity index (χ2n) is 5.69. The first-order chi connectivity index (χ1) is 7.94. The summed E-state index contributed by atoms with van der Waals surface area (Å²) in [6.45, 7) is 5.85. The molecule has 2 rings (SSSR count). The lowest BCUT2D eigenvalue weighted by Crippen LogP contribution is -2.51. The van der Waals surface area contributed by atoms with Gasteiger partial charge in [-0.15, -0.1) is 0 Å². The first-order valence-corrected chi connectivity index (χ1v) is 8.32. The predicted octanol–water partition coefficient (Wildman–Crippen LogP) is 0.968. The van der Waals surface area contributed by atoms with Gasteiger partial charge in [-0.05, 0) is 32.1 Å². The lowest BCUT2D eigenvalue weighted by molar-refractivity contribution is 0.169. The van der Waals surface area contributed by atoms with Crippen LogP contribution in [-0.2, 0) is 14.6 Å². The molecule has 0 bridgehead atoms. The van der Waals surface area contributed by atoms with E-state index >= 15 is 0 Å². The SMILES string of the molecule is CCC(NC1(C)CCS(=O)(=O)C1)C1CCOC1. The standard InChI is InChI=1S/C12H23NO3S/c1-3-11(10-4-6-16-8-10)13-12(2)5-7-17(14,15)9-12/h10-11,13H,3-9H2,1-2H3. The summed E-state index contributed by atoms with van der Waals surface area (Å²) in [5.74, 6) is 1.15. The Kier molecular flexibility index (Phi) is 3.80. The van der Waals surface area contributed by atoms with E-state index in [0.717, 1.165) is 32.5 Å². The van der Waals surface area contributed by atoms with E-state index < -0.39 is 9.84 Å². The maximum absolute atomic E-state index is 11.6. The Morgan fingerprint density at radius 2 is 2.29 bits per heavy atom. The summed E-state index contributed by atoms with van der Waals surface area (Å²) in [4.78, 5) is 0. The molecule has 0 spiro atoms. The molecule has 100 valence electrons. The summed E-state index contributed by atoms with van der Waals surface area (Å²) in [6.07, 6.45) is 2.86. The molecule has 0 aliphatic carbocycles. The molecule has 3 atom stereocenters. The average molecular weight is 261 g/mol. The Hall–Kier alpha value is -0.130. The molecule has 2 aliphatic heterocycles. The van der Waals surface area contributed by atoms with Gasteiger partial charge in [0.1, 0.15) is 0 Å². The molecular formula is C12H23NO3S. The van der Waals surface area contributed by atoms with E-state index in [4.69, 9.17) is 4.74 Å². The van der Waals surface area contributed by atoms with E-state index in [-0.39, 0.29) is 11.3 Å². The van der Waals surface area contributed by atoms with Gasteiger partial charge in [0.05, 0.1) is 18.1 Å². The van der Waals surface area contributed by atoms with Gasteiger partial charge in [-0.1, -0.05) is 6.92 Å². The van der Waals surface area contributed by atoms with Gasteiger partial charge >= 0.3 is 0 Å². The number of rotatable bonds is 4. The topological polar surface area (TPSA) is 55.4 Å². The minimum Gasteiger partial charge on any atom is -0.381 e. The van der Waals surface area contributed by atoms with Crippen LogP contribution in [0, 0.1) is 5.92 Å². The van der Waals surface area contributed by atoms with E-state index in [1.165, 1.54) is 0 Å². The summed E-state index contributed by atoms with van der Waals surface area (Å²) in [5, 5.41) is 3.58. The molecule has 0 saturated carbocycles. The van der Waals surface area contributed by atoms with Crippen molar-refractivity contribution >= 4 is 9.84 Å². The third-order valence-electron chi connectivity index (χ3n) is 4.01. The van der Waals surface area contributed by atoms with Crippen LogP contribution in [0.3, 0.4) is 0 Å². The highest BCUT2D eigenvalue weighted by molar-refractivity contribution is 7.91. The highest BCUT2D eigenvalue weighted by Crippen LogP contribution is 2.27. The third kappa shape index (κ3) is 3.20. The molecule has 0 aromatic rings. The molecule has 2 aliphatic rings. The number of ether oxygens (including phenoxy) is 1. The van der Waals surface area contributed by atoms with Crippen LogP contribution in [0.25, 0.3) is 0 Å². The molecule has 3 unspecified atom stereocenters. The summed E-state index contributed by atoms with van der Waals surface area (Å²) < 4.78 is 28.6. The summed E-state index contributed by atoms with van der Waals surface area (Å²) in [7, 11) is -2.83. The van der Waals surface area contributed by atoms with Gasteiger partial charge < -0.3 is 10.1 Å². The fourth-order valence-electron chi connectivity index (χ4n) is 3.00. The first kappa shape index (κ1) is 13.3. The lowest BCUT2D eigenvalue weighted by atomic mass is 9.92. The number of hydrogen-bond donors (Lipinski definition) is 1. The molecule has 0 aromatic carbocycles. The minimum atomic E-state index is -2.83. The Morgan fingerprint density at radius 1 is 1.53 bits per heavy atom. The molecule has 17 heavy (non-hydrogen) atoms. The smallest absolute Gasteiger partial charge is 0.152 e. The molecule has 4 nitrogen and oxygen atoms in total. The Balaban J connectivity index is 1.98. The molecule has 5 heteroatoms. The Labute approximate surface area is 104 Å². The van der Waals surface area contributed by atoms with Gasteiger partial charge in [0.2, 0.25) is 0 Å². The summed E-state index contributed by atoms with van der Waals surface area (Å²) in [5.41, 5.74) is -0.234. The molecule has 0 radical (unpaired) electrons. The monoisotopic (exact) mass is 261 g/mol. The van der Waals surface area contributed by atoms with Crippen molar-refractivity contribution in [3.63, 3.8) is 0 Å². The Bertz CT molecular complexity index is 362. The van der Waals surface area contributed by atoms with Gasteiger partial charge in [-0.2, -0.15) is 0 Å². The van der Waals surface area contributed by atoms with E-state index in [1.54, 1.807) is 0 Å². The minimum absolute atomic E-state index is 0.234. The van der Waals surface area contributed by atoms with Crippen molar-refractivity contribution in [3.8, 4) is 0 Å². The highest BCUT2D eigenvalue weighted by Gasteiger charge is 2.40. The summed E-state index contributed by atoms with van der Waals surface area (Å²) in [6, 6.07) is 0.385. The summed E-state index contributed by atoms with van der Waals surface area (Å²) >= 11 is 0. The van der Waals surface area contributed by atoms with E-state index in [2.05, 4.69) is 12.2 Å². The number of sulfone groups is 1. The fourth-order valence-corrected chi connectivity index (χ4v) is 5.10. The zero-order valence-corrected chi connectivity index (χ0v) is 11.6. The van der Waals surface area contributed by atoms with Crippen LogP contribution in [0.5, 0.6) is 0 Å². The average Bonchev–Trinajstić information content (AvgIpc) is 2.84. The zero-order valence-electron chi connectivity index (χ0n) is 10.7. The van der Waals surface area contributed by atoms with E-state index in [0.29, 0.717) is 17.7 Å². The fraction of sp³-hybridized carbons (Fsp3) is 1.00. The molecular weight excluding hydrogens is 238 g/mol. The van der Waals surface area contributed by atoms with Gasteiger partial charge in [-0.25, -0.2) is 8.42 Å². The van der Waals surface area contributed by atoms with Crippen molar-refractivity contribution < 1.29 is 13.2 Å². The van der Waals surface area contributed by atoms with Crippen LogP contribution in [-0.4, -0.2) is 44.7 Å². The lowest BCUT2D eigenvalue weighted by Gasteiger charge is -2.33. The normalized spacial score (nSPS) is 38.4. The molecule has 2 fully saturated rings. The quantitative estimate of drug-likeness (QED) is 0.819. The molecule has 2 saturated heterocycles. The van der Waals surface area contributed by atoms with E-state index in [1.807, 2.05) is 6.92 Å². The maximum Gasteiger partial charge on any atom is 0.152 e. The molecule has 0 aromatic heterocycles. The number of hydrogen-bond acceptors (Lipinski definition) is 4. The van der Waals surface area contributed by atoms with Crippen molar-refractivity contribution in [1.29, 1.82) is 0 Å². The van der Waals surface area contributed by atoms with Crippen LogP contribution in [0.2, 0.25) is 0 Å². The van der Waals surface area contributed by atoms with Crippen molar-refractivity contribution in [3.05, 3.63) is 0 Å². The van der Waals surface area contributed by atoms with Crippen LogP contribution >= 0.6 is 0 Å². The second kappa shape index (κ2) is 4.86. The predicted molar refractivity (Wildman–Crippen MR) is 67.8 cm³/mol. The van der Waals surface area contributed by atoms with Crippen molar-refractivity contribution in [2.24, 2.45) is 5.92 Å². The number of nitrogens with one attached hydrogen (secondary N) is 1. The third-order valence-corrected chi connectivity index (χ3v) is 5.91. The van der Waals surface area contributed by atoms with Crippen LogP contribution in [0.15, 0.2) is 0 Å². The van der Waals surface area contributed by atoms with Crippen LogP contribution < -0.4 is 5.32 Å².